The van der Waals surface area contributed by atoms with Crippen molar-refractivity contribution in [1.82, 2.24) is 0 Å². The van der Waals surface area contributed by atoms with Gasteiger partial charge in [-0.05, 0) is 197 Å². The SMILES string of the molecule is [2H]c1cc([2H])c([2H])c(-c2cc(C(C)(C)C)cc(-c3c([2H])c([2H])c([2H])c([2H])c3[2H])c2N2c3cc(-c4ccc5oc6ccccc6c5c4)ccc3C3c4ccc(-c5ccc6oc7ccccc7c6c5)cc4N(c4c(-c5c([2H])c([2H])c([2H])c([2H])c5[2H])cc(C(C)(C)C)cc4-c4c([2H])c([2H])c([2H])c([2H])c4[2H])c4cc(C5c6ccccc6Cc6ccccc65)cc2c43)c1[2H]. The summed E-state index contributed by atoms with van der Waals surface area (Å²) in [5, 5.41) is 3.37. The highest BCUT2D eigenvalue weighted by atomic mass is 16.3. The van der Waals surface area contributed by atoms with Crippen molar-refractivity contribution in [3.63, 3.8) is 0 Å². The van der Waals surface area contributed by atoms with Gasteiger partial charge in [0.1, 0.15) is 22.3 Å². The third kappa shape index (κ3) is 10.2. The van der Waals surface area contributed by atoms with Gasteiger partial charge in [-0.1, -0.05) is 284 Å². The molecule has 0 amide bonds. The van der Waals surface area contributed by atoms with Gasteiger partial charge in [-0.3, -0.25) is 0 Å². The van der Waals surface area contributed by atoms with Gasteiger partial charge in [0.2, 0.25) is 0 Å². The Kier molecular flexibility index (Phi) is 10.4. The van der Waals surface area contributed by atoms with Gasteiger partial charge in [0.15, 0.2) is 0 Å². The van der Waals surface area contributed by atoms with Gasteiger partial charge >= 0.3 is 0 Å². The van der Waals surface area contributed by atoms with E-state index in [-0.39, 0.29) is 55.9 Å². The highest BCUT2D eigenvalue weighted by Gasteiger charge is 2.45. The second-order valence-electron chi connectivity index (χ2n) is 29.6. The van der Waals surface area contributed by atoms with E-state index in [1.165, 1.54) is 0 Å². The number of rotatable bonds is 9. The lowest BCUT2D eigenvalue weighted by molar-refractivity contribution is 0.590. The van der Waals surface area contributed by atoms with Crippen molar-refractivity contribution in [2.24, 2.45) is 0 Å². The number of fused-ring (bicyclic) bond motifs is 12. The van der Waals surface area contributed by atoms with E-state index in [0.717, 1.165) is 61.0 Å². The summed E-state index contributed by atoms with van der Waals surface area (Å²) < 4.78 is 199. The van der Waals surface area contributed by atoms with E-state index >= 15 is 0 Å². The molecule has 17 aromatic rings. The van der Waals surface area contributed by atoms with Gasteiger partial charge in [-0.2, -0.15) is 0 Å². The first-order valence-electron chi connectivity index (χ1n) is 44.9. The van der Waals surface area contributed by atoms with Crippen molar-refractivity contribution >= 4 is 78.0 Å². The van der Waals surface area contributed by atoms with Crippen molar-refractivity contribution in [3.8, 4) is 66.8 Å². The predicted molar refractivity (Wildman–Crippen MR) is 438 cm³/mol. The fraction of sp³-hybridized carbons (Fsp3) is 0.109. The van der Waals surface area contributed by atoms with Gasteiger partial charge in [-0.15, -0.1) is 0 Å². The Morgan fingerprint density at radius 1 is 0.305 bits per heavy atom. The zero-order valence-electron chi connectivity index (χ0n) is 77.3. The molecule has 0 spiro atoms. The molecule has 4 nitrogen and oxygen atoms in total. The van der Waals surface area contributed by atoms with Crippen molar-refractivity contribution < 1.29 is 34.9 Å². The summed E-state index contributed by atoms with van der Waals surface area (Å²) in [5.74, 6) is -1.61. The molecule has 105 heavy (non-hydrogen) atoms. The predicted octanol–water partition coefficient (Wildman–Crippen LogP) is 27.9. The number of anilines is 6. The second kappa shape index (κ2) is 24.1. The molecule has 20 rings (SSSR count). The zero-order chi connectivity index (χ0) is 86.9. The Morgan fingerprint density at radius 2 is 0.667 bits per heavy atom. The van der Waals surface area contributed by atoms with E-state index < -0.39 is 137 Å². The lowest BCUT2D eigenvalue weighted by Crippen LogP contribution is -2.31. The molecule has 2 aromatic heterocycles. The Hall–Kier alpha value is -12.5. The molecule has 0 fully saturated rings. The standard InChI is InChI=1S/C101H76N2O2/c1-100(2,3)73-58-81(62-27-11-7-12-28-62)98(82(59-73)63-29-13-8-14-30-63)102-87-54-68(66-45-49-93-85(52-66)77-39-23-25-41-91(77)104-93)43-47-79(87)96-80-48-44-69(67-46-50-94-86(53-67)78-40-24-26-42-92(78)105-94)55-88(80)103(99-83(64-31-15-9-16-32-64)60-74(101(4,5)6)61-84(99)65-33-17-10-18-34-65)90-57-72(56-89(102)97(90)96)95-75-37-21-19-35-70(75)51-71-36-20-22-38-76(71)95/h7-50,52-61,95-96H,51H2,1-6H3/i7D,8D,9D,11D,12D,13D,14D,15D,16D,17D,18D,27D,28D,29D,30D,31D,32D,33D,34D. The second-order valence-corrected chi connectivity index (χ2v) is 29.6. The van der Waals surface area contributed by atoms with Crippen LogP contribution in [0.3, 0.4) is 0 Å². The molecule has 1 unspecified atom stereocenters. The minimum absolute atomic E-state index is 0.0240. The summed E-state index contributed by atoms with van der Waals surface area (Å²) in [7, 11) is 0. The average Bonchev–Trinajstić information content (AvgIpc) is 1.56. The van der Waals surface area contributed by atoms with E-state index in [1.807, 2.05) is 185 Å². The number of para-hydroxylation sites is 2. The molecule has 0 N–H and O–H groups in total. The molecule has 4 heteroatoms. The minimum atomic E-state index is -0.926. The summed E-state index contributed by atoms with van der Waals surface area (Å²) in [6.07, 6.45) is 0.541. The first-order valence-corrected chi connectivity index (χ1v) is 35.4. The molecule has 3 aliphatic rings. The maximum Gasteiger partial charge on any atom is 0.135 e. The monoisotopic (exact) mass is 1370 g/mol. The van der Waals surface area contributed by atoms with Gasteiger partial charge in [0.25, 0.3) is 0 Å². The summed E-state index contributed by atoms with van der Waals surface area (Å²) in [6.45, 7) is 11.6. The van der Waals surface area contributed by atoms with Crippen LogP contribution in [0.15, 0.2) is 336 Å². The Morgan fingerprint density at radius 3 is 1.09 bits per heavy atom. The van der Waals surface area contributed by atoms with Crippen LogP contribution in [0.2, 0.25) is 0 Å². The van der Waals surface area contributed by atoms with Crippen LogP contribution < -0.4 is 9.80 Å². The lowest BCUT2D eigenvalue weighted by Gasteiger charge is -2.47. The van der Waals surface area contributed by atoms with Crippen molar-refractivity contribution in [3.05, 3.63) is 383 Å². The maximum absolute atomic E-state index is 10.3. The number of hydrogen-bond acceptors (Lipinski definition) is 4. The van der Waals surface area contributed by atoms with E-state index in [0.29, 0.717) is 96.0 Å². The third-order valence-electron chi connectivity index (χ3n) is 21.5. The van der Waals surface area contributed by atoms with Gasteiger partial charge < -0.3 is 18.6 Å². The van der Waals surface area contributed by atoms with Gasteiger partial charge in [0, 0.05) is 61.2 Å². The largest absolute Gasteiger partial charge is 0.456 e. The molecule has 15 aromatic carbocycles. The van der Waals surface area contributed by atoms with Crippen LogP contribution in [0.5, 0.6) is 0 Å². The van der Waals surface area contributed by atoms with Crippen molar-refractivity contribution in [1.29, 1.82) is 0 Å². The summed E-state index contributed by atoms with van der Waals surface area (Å²) >= 11 is 0. The average molecular weight is 1370 g/mol. The number of furan rings is 2. The molecule has 1 aliphatic carbocycles. The molecule has 0 radical (unpaired) electrons. The molecule has 0 saturated carbocycles. The van der Waals surface area contributed by atoms with E-state index in [2.05, 4.69) is 54.6 Å². The molecular weight excluding hydrogens is 1270 g/mol. The Balaban J connectivity index is 1.04. The number of benzene rings is 15. The number of nitrogens with zero attached hydrogens (tertiary/aromatic N) is 2. The number of hydrogen-bond donors (Lipinski definition) is 0. The fourth-order valence-electron chi connectivity index (χ4n) is 16.5. The van der Waals surface area contributed by atoms with Crippen LogP contribution in [0.1, 0.15) is 135 Å². The Labute approximate surface area is 640 Å². The summed E-state index contributed by atoms with van der Waals surface area (Å²) in [5.41, 5.74) is 11.9. The highest BCUT2D eigenvalue weighted by Crippen LogP contribution is 2.66. The summed E-state index contributed by atoms with van der Waals surface area (Å²) in [6, 6.07) is 57.3. The summed E-state index contributed by atoms with van der Waals surface area (Å²) in [4.78, 5) is 3.95. The van der Waals surface area contributed by atoms with Crippen LogP contribution in [-0.2, 0) is 17.3 Å². The van der Waals surface area contributed by atoms with Crippen molar-refractivity contribution in [2.45, 2.75) is 70.6 Å². The molecule has 1 atom stereocenters. The van der Waals surface area contributed by atoms with E-state index in [9.17, 15) is 21.9 Å². The fourth-order valence-corrected chi connectivity index (χ4v) is 16.5. The quantitative estimate of drug-likeness (QED) is 0.144. The topological polar surface area (TPSA) is 32.8 Å². The van der Waals surface area contributed by atoms with Gasteiger partial charge in [-0.25, -0.2) is 0 Å². The van der Waals surface area contributed by atoms with E-state index in [4.69, 9.17) is 12.9 Å². The smallest absolute Gasteiger partial charge is 0.135 e. The van der Waals surface area contributed by atoms with Gasteiger partial charge in [0.05, 0.1) is 60.2 Å². The van der Waals surface area contributed by atoms with Crippen LogP contribution >= 0.6 is 0 Å². The molecule has 0 bridgehead atoms. The molecule has 2 aliphatic heterocycles. The maximum atomic E-state index is 10.3. The molecule has 4 heterocycles. The first-order chi connectivity index (χ1) is 59.2. The van der Waals surface area contributed by atoms with Crippen LogP contribution in [0.25, 0.3) is 111 Å². The zero-order valence-corrected chi connectivity index (χ0v) is 58.3. The van der Waals surface area contributed by atoms with Crippen molar-refractivity contribution in [2.75, 3.05) is 9.80 Å². The molecular formula is C101H76N2O2. The Bertz CT molecular complexity index is 7350. The molecule has 0 saturated heterocycles. The minimum Gasteiger partial charge on any atom is -0.456 e. The molecule has 502 valence electrons. The van der Waals surface area contributed by atoms with E-state index in [1.54, 1.807) is 18.2 Å². The van der Waals surface area contributed by atoms with Crippen LogP contribution in [0, 0.1) is 0 Å². The highest BCUT2D eigenvalue weighted by molar-refractivity contribution is 6.10. The first kappa shape index (κ1) is 45.5. The van der Waals surface area contributed by atoms with Crippen LogP contribution in [0.4, 0.5) is 34.1 Å². The normalized spacial score (nSPS) is 16.5. The lowest BCUT2D eigenvalue weighted by atomic mass is 9.71. The van der Waals surface area contributed by atoms with Crippen LogP contribution in [-0.4, -0.2) is 0 Å². The third-order valence-corrected chi connectivity index (χ3v) is 21.5.